The number of ether oxygens (including phenoxy) is 4. The Morgan fingerprint density at radius 2 is 1.94 bits per heavy atom. The molecule has 0 amide bonds. The summed E-state index contributed by atoms with van der Waals surface area (Å²) in [6, 6.07) is 5.30. The van der Waals surface area contributed by atoms with Crippen molar-refractivity contribution in [1.29, 1.82) is 0 Å². The molecule has 4 atom stereocenters. The van der Waals surface area contributed by atoms with Crippen molar-refractivity contribution in [1.82, 2.24) is 19.5 Å². The Hall–Kier alpha value is -3.68. The van der Waals surface area contributed by atoms with E-state index in [9.17, 15) is 14.9 Å². The van der Waals surface area contributed by atoms with Crippen molar-refractivity contribution in [3.8, 4) is 5.75 Å². The molecule has 4 heterocycles. The van der Waals surface area contributed by atoms with Gasteiger partial charge in [-0.2, -0.15) is 0 Å². The number of nitrogens with zero attached hydrogens (tertiary/aromatic N) is 5. The SMILES string of the molecule is CC1(C)O[C@@H]2[C@H](O1)[C@@H](CCC(=O)Oc1ccc([N+](=O)[O-])cc1)O[C@H]2n1cnc2c(N)ncnc21. The molecule has 2 fully saturated rings. The van der Waals surface area contributed by atoms with Gasteiger partial charge in [-0.3, -0.25) is 19.5 Å². The quantitative estimate of drug-likeness (QED) is 0.242. The first-order valence-electron chi connectivity index (χ1n) is 10.6. The first-order valence-corrected chi connectivity index (χ1v) is 10.6. The fraction of sp³-hybridized carbons (Fsp3) is 0.429. The van der Waals surface area contributed by atoms with Crippen LogP contribution in [0.3, 0.4) is 0 Å². The zero-order valence-corrected chi connectivity index (χ0v) is 18.4. The lowest BCUT2D eigenvalue weighted by atomic mass is 10.1. The predicted octanol–water partition coefficient (Wildman–Crippen LogP) is 2.12. The molecule has 13 heteroatoms. The van der Waals surface area contributed by atoms with Crippen LogP contribution in [0.5, 0.6) is 5.75 Å². The summed E-state index contributed by atoms with van der Waals surface area (Å²) in [5, 5.41) is 10.8. The fourth-order valence-electron chi connectivity index (χ4n) is 4.25. The van der Waals surface area contributed by atoms with Crippen LogP contribution in [0.15, 0.2) is 36.9 Å². The molecular formula is C21H22N6O7. The number of hydrogen-bond acceptors (Lipinski definition) is 11. The van der Waals surface area contributed by atoms with Crippen LogP contribution < -0.4 is 10.5 Å². The van der Waals surface area contributed by atoms with Gasteiger partial charge in [-0.05, 0) is 32.4 Å². The molecule has 0 unspecified atom stereocenters. The van der Waals surface area contributed by atoms with E-state index >= 15 is 0 Å². The fourth-order valence-corrected chi connectivity index (χ4v) is 4.25. The molecule has 2 aliphatic rings. The van der Waals surface area contributed by atoms with Gasteiger partial charge in [0.05, 0.1) is 17.4 Å². The number of hydrogen-bond donors (Lipinski definition) is 1. The number of nitro benzene ring substituents is 1. The van der Waals surface area contributed by atoms with Crippen molar-refractivity contribution in [2.75, 3.05) is 5.73 Å². The zero-order chi connectivity index (χ0) is 24.0. The van der Waals surface area contributed by atoms with E-state index in [2.05, 4.69) is 15.0 Å². The summed E-state index contributed by atoms with van der Waals surface area (Å²) in [6.45, 7) is 3.63. The number of nitrogens with two attached hydrogens (primary N) is 1. The third-order valence-electron chi connectivity index (χ3n) is 5.70. The molecule has 178 valence electrons. The van der Waals surface area contributed by atoms with Crippen molar-refractivity contribution in [2.45, 2.75) is 57.0 Å². The first-order chi connectivity index (χ1) is 16.2. The number of nitrogen functional groups attached to an aromatic ring is 1. The van der Waals surface area contributed by atoms with Crippen LogP contribution in [0.4, 0.5) is 11.5 Å². The number of non-ortho nitro benzene ring substituents is 1. The Balaban J connectivity index is 1.29. The first kappa shape index (κ1) is 22.1. The highest BCUT2D eigenvalue weighted by Gasteiger charge is 2.56. The summed E-state index contributed by atoms with van der Waals surface area (Å²) in [5.74, 6) is -0.848. The van der Waals surface area contributed by atoms with Gasteiger partial charge in [-0.1, -0.05) is 0 Å². The maximum absolute atomic E-state index is 12.4. The van der Waals surface area contributed by atoms with E-state index in [1.165, 1.54) is 30.6 Å². The average Bonchev–Trinajstić information content (AvgIpc) is 3.44. The lowest BCUT2D eigenvalue weighted by Crippen LogP contribution is -2.30. The number of fused-ring (bicyclic) bond motifs is 2. The van der Waals surface area contributed by atoms with Gasteiger partial charge in [-0.25, -0.2) is 15.0 Å². The Bertz CT molecular complexity index is 1240. The summed E-state index contributed by atoms with van der Waals surface area (Å²) in [7, 11) is 0. The van der Waals surface area contributed by atoms with E-state index in [1.54, 1.807) is 10.9 Å². The van der Waals surface area contributed by atoms with Gasteiger partial charge < -0.3 is 24.7 Å². The molecule has 2 aromatic heterocycles. The lowest BCUT2D eigenvalue weighted by Gasteiger charge is -2.24. The van der Waals surface area contributed by atoms with E-state index in [0.717, 1.165) is 0 Å². The molecule has 2 saturated heterocycles. The second-order valence-electron chi connectivity index (χ2n) is 8.48. The van der Waals surface area contributed by atoms with Gasteiger partial charge >= 0.3 is 5.97 Å². The number of imidazole rings is 1. The van der Waals surface area contributed by atoms with Crippen molar-refractivity contribution in [3.05, 3.63) is 47.0 Å². The van der Waals surface area contributed by atoms with Crippen LogP contribution in [-0.4, -0.2) is 54.5 Å². The number of anilines is 1. The maximum Gasteiger partial charge on any atom is 0.311 e. The highest BCUT2D eigenvalue weighted by Crippen LogP contribution is 2.45. The molecule has 1 aromatic carbocycles. The number of esters is 1. The Kier molecular flexibility index (Phi) is 5.38. The number of carbonyl (C=O) groups is 1. The van der Waals surface area contributed by atoms with Crippen molar-refractivity contribution >= 4 is 28.6 Å². The zero-order valence-electron chi connectivity index (χ0n) is 18.4. The predicted molar refractivity (Wildman–Crippen MR) is 115 cm³/mol. The molecule has 0 bridgehead atoms. The lowest BCUT2D eigenvalue weighted by molar-refractivity contribution is -0.384. The number of nitro groups is 1. The van der Waals surface area contributed by atoms with Gasteiger partial charge in [0.15, 0.2) is 23.5 Å². The van der Waals surface area contributed by atoms with Gasteiger partial charge in [0.25, 0.3) is 5.69 Å². The molecule has 2 N–H and O–H groups in total. The minimum Gasteiger partial charge on any atom is -0.427 e. The van der Waals surface area contributed by atoms with Crippen LogP contribution in [0.1, 0.15) is 32.9 Å². The number of aromatic nitrogens is 4. The van der Waals surface area contributed by atoms with Gasteiger partial charge in [0.2, 0.25) is 0 Å². The molecule has 5 rings (SSSR count). The Labute approximate surface area is 192 Å². The molecule has 0 saturated carbocycles. The van der Waals surface area contributed by atoms with E-state index in [-0.39, 0.29) is 23.7 Å². The minimum atomic E-state index is -0.834. The molecule has 0 radical (unpaired) electrons. The van der Waals surface area contributed by atoms with Crippen molar-refractivity contribution in [3.63, 3.8) is 0 Å². The van der Waals surface area contributed by atoms with Crippen LogP contribution in [0, 0.1) is 10.1 Å². The largest absolute Gasteiger partial charge is 0.427 e. The molecule has 2 aliphatic heterocycles. The summed E-state index contributed by atoms with van der Waals surface area (Å²) in [6.07, 6.45) is 1.33. The highest BCUT2D eigenvalue weighted by atomic mass is 16.8. The number of benzene rings is 1. The molecule has 0 spiro atoms. The van der Waals surface area contributed by atoms with Gasteiger partial charge in [-0.15, -0.1) is 0 Å². The Morgan fingerprint density at radius 1 is 1.21 bits per heavy atom. The van der Waals surface area contributed by atoms with Gasteiger partial charge in [0.1, 0.15) is 29.8 Å². The Morgan fingerprint density at radius 3 is 2.68 bits per heavy atom. The van der Waals surface area contributed by atoms with E-state index in [1.807, 2.05) is 13.8 Å². The third kappa shape index (κ3) is 4.04. The maximum atomic E-state index is 12.4. The monoisotopic (exact) mass is 470 g/mol. The van der Waals surface area contributed by atoms with Crippen LogP contribution in [0.2, 0.25) is 0 Å². The van der Waals surface area contributed by atoms with Crippen LogP contribution in [-0.2, 0) is 19.0 Å². The summed E-state index contributed by atoms with van der Waals surface area (Å²) < 4.78 is 25.5. The highest BCUT2D eigenvalue weighted by molar-refractivity contribution is 5.81. The smallest absolute Gasteiger partial charge is 0.311 e. The normalized spacial score (nSPS) is 25.4. The molecule has 0 aliphatic carbocycles. The average molecular weight is 470 g/mol. The number of rotatable bonds is 6. The van der Waals surface area contributed by atoms with Gasteiger partial charge in [0, 0.05) is 18.6 Å². The van der Waals surface area contributed by atoms with Crippen LogP contribution >= 0.6 is 0 Å². The molecular weight excluding hydrogens is 448 g/mol. The minimum absolute atomic E-state index is 0.0428. The van der Waals surface area contributed by atoms with E-state index < -0.39 is 41.2 Å². The second kappa shape index (κ2) is 8.27. The molecule has 3 aromatic rings. The topological polar surface area (TPSA) is 167 Å². The van der Waals surface area contributed by atoms with E-state index in [4.69, 9.17) is 24.7 Å². The summed E-state index contributed by atoms with van der Waals surface area (Å²) >= 11 is 0. The molecule has 13 nitrogen and oxygen atoms in total. The standard InChI is InChI=1S/C21H22N6O7/c1-21(2)33-16-13(7-8-14(28)31-12-5-3-11(4-6-12)27(29)30)32-20(17(16)34-21)26-10-25-15-18(22)23-9-24-19(15)26/h3-6,9-10,13,16-17,20H,7-8H2,1-2H3,(H2,22,23,24)/t13-,16-,17-,20-/m1/s1. The summed E-state index contributed by atoms with van der Waals surface area (Å²) in [5.41, 5.74) is 6.77. The second-order valence-corrected chi connectivity index (χ2v) is 8.48. The molecule has 34 heavy (non-hydrogen) atoms. The van der Waals surface area contributed by atoms with E-state index in [0.29, 0.717) is 17.6 Å². The van der Waals surface area contributed by atoms with Crippen LogP contribution in [0.25, 0.3) is 11.2 Å². The van der Waals surface area contributed by atoms with Crippen molar-refractivity contribution in [2.24, 2.45) is 0 Å². The third-order valence-corrected chi connectivity index (χ3v) is 5.70. The number of carbonyl (C=O) groups excluding carboxylic acids is 1. The van der Waals surface area contributed by atoms with Crippen molar-refractivity contribution < 1.29 is 28.7 Å². The summed E-state index contributed by atoms with van der Waals surface area (Å²) in [4.78, 5) is 35.2.